The Kier molecular flexibility index (Phi) is 8.96. The van der Waals surface area contributed by atoms with Gasteiger partial charge < -0.3 is 5.32 Å². The van der Waals surface area contributed by atoms with Crippen LogP contribution in [-0.4, -0.2) is 54.2 Å². The number of carbonyl (C=O) groups is 1. The van der Waals surface area contributed by atoms with Crippen LogP contribution < -0.4 is 5.32 Å². The number of benzene rings is 3. The van der Waals surface area contributed by atoms with Gasteiger partial charge in [0.2, 0.25) is 5.91 Å². The predicted octanol–water partition coefficient (Wildman–Crippen LogP) is 5.28. The quantitative estimate of drug-likeness (QED) is 0.419. The number of amides is 1. The summed E-state index contributed by atoms with van der Waals surface area (Å²) in [6.45, 7) is 5.79. The number of nitrogens with one attached hydrogen (secondary N) is 1. The Morgan fingerprint density at radius 3 is 2.09 bits per heavy atom. The van der Waals surface area contributed by atoms with Crippen LogP contribution in [0, 0.1) is 17.2 Å². The summed E-state index contributed by atoms with van der Waals surface area (Å²) in [5.41, 5.74) is 3.41. The third-order valence-electron chi connectivity index (χ3n) is 6.24. The summed E-state index contributed by atoms with van der Waals surface area (Å²) >= 11 is 1.61. The molecule has 1 fully saturated rings. The monoisotopic (exact) mass is 484 g/mol. The summed E-state index contributed by atoms with van der Waals surface area (Å²) in [6, 6.07) is 31.6. The number of thioether (sulfide) groups is 1. The van der Waals surface area contributed by atoms with E-state index in [1.807, 2.05) is 31.2 Å². The lowest BCUT2D eigenvalue weighted by Crippen LogP contribution is -2.49. The molecule has 6 heteroatoms. The molecule has 35 heavy (non-hydrogen) atoms. The largest absolute Gasteiger partial charge is 0.324 e. The van der Waals surface area contributed by atoms with Crippen LogP contribution in [0.3, 0.4) is 0 Å². The Morgan fingerprint density at radius 1 is 0.914 bits per heavy atom. The number of anilines is 1. The summed E-state index contributed by atoms with van der Waals surface area (Å²) in [5, 5.41) is 12.1. The number of para-hydroxylation sites is 1. The van der Waals surface area contributed by atoms with Gasteiger partial charge in [0.1, 0.15) is 0 Å². The summed E-state index contributed by atoms with van der Waals surface area (Å²) < 4.78 is 0. The maximum Gasteiger partial charge on any atom is 0.238 e. The Bertz CT molecular complexity index is 1080. The van der Waals surface area contributed by atoms with E-state index in [1.54, 1.807) is 11.8 Å². The van der Waals surface area contributed by atoms with Gasteiger partial charge in [-0.05, 0) is 30.2 Å². The molecule has 0 bridgehead atoms. The van der Waals surface area contributed by atoms with E-state index in [0.29, 0.717) is 12.3 Å². The van der Waals surface area contributed by atoms with Crippen molar-refractivity contribution in [2.24, 2.45) is 5.92 Å². The molecule has 0 spiro atoms. The maximum absolute atomic E-state index is 12.9. The van der Waals surface area contributed by atoms with Gasteiger partial charge in [0.25, 0.3) is 0 Å². The fourth-order valence-corrected chi connectivity index (χ4v) is 5.36. The van der Waals surface area contributed by atoms with Crippen LogP contribution in [-0.2, 0) is 4.79 Å². The first kappa shape index (κ1) is 25.0. The smallest absolute Gasteiger partial charge is 0.238 e. The Labute approximate surface area is 212 Å². The van der Waals surface area contributed by atoms with Crippen LogP contribution in [0.5, 0.6) is 0 Å². The average Bonchev–Trinajstić information content (AvgIpc) is 2.90. The van der Waals surface area contributed by atoms with Gasteiger partial charge in [-0.1, -0.05) is 72.8 Å². The van der Waals surface area contributed by atoms with Gasteiger partial charge in [0.05, 0.1) is 30.3 Å². The minimum absolute atomic E-state index is 0.00232. The van der Waals surface area contributed by atoms with Crippen molar-refractivity contribution in [3.8, 4) is 6.07 Å². The first-order valence-electron chi connectivity index (χ1n) is 12.1. The minimum atomic E-state index is -0.0318. The molecular formula is C29H32N4OS. The summed E-state index contributed by atoms with van der Waals surface area (Å²) in [6.07, 6.45) is 0. The zero-order valence-electron chi connectivity index (χ0n) is 20.1. The molecule has 1 amide bonds. The molecule has 3 aromatic rings. The second-order valence-corrected chi connectivity index (χ2v) is 9.98. The molecular weight excluding hydrogens is 452 g/mol. The fourth-order valence-electron chi connectivity index (χ4n) is 4.41. The molecule has 1 N–H and O–H groups in total. The average molecular weight is 485 g/mol. The summed E-state index contributed by atoms with van der Waals surface area (Å²) in [7, 11) is 0. The second-order valence-electron chi connectivity index (χ2n) is 8.92. The first-order chi connectivity index (χ1) is 17.1. The molecule has 0 aromatic heterocycles. The lowest BCUT2D eigenvalue weighted by Gasteiger charge is -2.39. The fraction of sp³-hybridized carbons (Fsp3) is 0.310. The Balaban J connectivity index is 1.35. The van der Waals surface area contributed by atoms with E-state index < -0.39 is 0 Å². The predicted molar refractivity (Wildman–Crippen MR) is 143 cm³/mol. The molecule has 3 aromatic carbocycles. The highest BCUT2D eigenvalue weighted by molar-refractivity contribution is 7.99. The standard InChI is InChI=1S/C29H32N4OS/c1-23(20-30)22-35-27-15-9-8-14-26(27)31-28(34)21-32-16-18-33(19-17-32)29(24-10-4-2-5-11-24)25-12-6-3-7-13-25/h2-15,23,29H,16-19,21-22H2,1H3,(H,31,34). The molecule has 0 saturated carbocycles. The van der Waals surface area contributed by atoms with Crippen molar-refractivity contribution in [2.75, 3.05) is 43.8 Å². The van der Waals surface area contributed by atoms with E-state index in [2.05, 4.69) is 81.8 Å². The van der Waals surface area contributed by atoms with Gasteiger partial charge in [-0.25, -0.2) is 0 Å². The van der Waals surface area contributed by atoms with Crippen LogP contribution in [0.2, 0.25) is 0 Å². The van der Waals surface area contributed by atoms with Crippen molar-refractivity contribution in [1.29, 1.82) is 5.26 Å². The number of hydrogen-bond donors (Lipinski definition) is 1. The van der Waals surface area contributed by atoms with E-state index >= 15 is 0 Å². The zero-order valence-corrected chi connectivity index (χ0v) is 21.0. The zero-order chi connectivity index (χ0) is 24.5. The molecule has 1 aliphatic rings. The van der Waals surface area contributed by atoms with Gasteiger partial charge in [0, 0.05) is 36.8 Å². The van der Waals surface area contributed by atoms with E-state index in [0.717, 1.165) is 36.8 Å². The van der Waals surface area contributed by atoms with Gasteiger partial charge in [-0.3, -0.25) is 14.6 Å². The van der Waals surface area contributed by atoms with Crippen LogP contribution in [0.25, 0.3) is 0 Å². The van der Waals surface area contributed by atoms with Gasteiger partial charge in [0.15, 0.2) is 0 Å². The Morgan fingerprint density at radius 2 is 1.49 bits per heavy atom. The molecule has 180 valence electrons. The minimum Gasteiger partial charge on any atom is -0.324 e. The topological polar surface area (TPSA) is 59.4 Å². The first-order valence-corrected chi connectivity index (χ1v) is 13.1. The second kappa shape index (κ2) is 12.6. The molecule has 5 nitrogen and oxygen atoms in total. The molecule has 0 aliphatic carbocycles. The van der Waals surface area contributed by atoms with Gasteiger partial charge >= 0.3 is 0 Å². The van der Waals surface area contributed by atoms with Crippen molar-refractivity contribution in [1.82, 2.24) is 9.80 Å². The molecule has 1 saturated heterocycles. The molecule has 1 atom stereocenters. The Hall–Kier alpha value is -3.11. The molecule has 0 radical (unpaired) electrons. The van der Waals surface area contributed by atoms with Gasteiger partial charge in [-0.2, -0.15) is 5.26 Å². The number of hydrogen-bond acceptors (Lipinski definition) is 5. The molecule has 1 aliphatic heterocycles. The highest BCUT2D eigenvalue weighted by Gasteiger charge is 2.27. The third kappa shape index (κ3) is 6.95. The molecule has 4 rings (SSSR count). The lowest BCUT2D eigenvalue weighted by molar-refractivity contribution is -0.117. The number of carbonyl (C=O) groups excluding carboxylic acids is 1. The number of nitrogens with zero attached hydrogens (tertiary/aromatic N) is 3. The van der Waals surface area contributed by atoms with E-state index in [4.69, 9.17) is 5.26 Å². The summed E-state index contributed by atoms with van der Waals surface area (Å²) in [5.74, 6) is 0.674. The maximum atomic E-state index is 12.9. The molecule has 1 unspecified atom stereocenters. The number of rotatable bonds is 9. The van der Waals surface area contributed by atoms with Crippen LogP contribution >= 0.6 is 11.8 Å². The highest BCUT2D eigenvalue weighted by atomic mass is 32.2. The SMILES string of the molecule is CC(C#N)CSc1ccccc1NC(=O)CN1CCN(C(c2ccccc2)c2ccccc2)CC1. The van der Waals surface area contributed by atoms with Crippen molar-refractivity contribution in [3.63, 3.8) is 0 Å². The van der Waals surface area contributed by atoms with E-state index in [-0.39, 0.29) is 17.9 Å². The van der Waals surface area contributed by atoms with Crippen molar-refractivity contribution < 1.29 is 4.79 Å². The van der Waals surface area contributed by atoms with Crippen molar-refractivity contribution in [2.45, 2.75) is 17.9 Å². The van der Waals surface area contributed by atoms with Gasteiger partial charge in [-0.15, -0.1) is 11.8 Å². The van der Waals surface area contributed by atoms with Crippen LogP contribution in [0.15, 0.2) is 89.8 Å². The highest BCUT2D eigenvalue weighted by Crippen LogP contribution is 2.30. The normalized spacial score (nSPS) is 15.5. The number of nitriles is 1. The molecule has 1 heterocycles. The van der Waals surface area contributed by atoms with Crippen molar-refractivity contribution >= 4 is 23.4 Å². The van der Waals surface area contributed by atoms with Crippen LogP contribution in [0.4, 0.5) is 5.69 Å². The van der Waals surface area contributed by atoms with Crippen molar-refractivity contribution in [3.05, 3.63) is 96.1 Å². The van der Waals surface area contributed by atoms with Crippen LogP contribution in [0.1, 0.15) is 24.1 Å². The lowest BCUT2D eigenvalue weighted by atomic mass is 9.96. The van der Waals surface area contributed by atoms with E-state index in [1.165, 1.54) is 11.1 Å². The van der Waals surface area contributed by atoms with E-state index in [9.17, 15) is 4.79 Å². The number of piperazine rings is 1. The third-order valence-corrected chi connectivity index (χ3v) is 7.57. The summed E-state index contributed by atoms with van der Waals surface area (Å²) in [4.78, 5) is 18.6.